The number of benzene rings is 2. The largest absolute Gasteiger partial charge is 0.486 e. The van der Waals surface area contributed by atoms with E-state index in [1.54, 1.807) is 12.1 Å². The first-order chi connectivity index (χ1) is 13.4. The Bertz CT molecular complexity index is 913. The molecule has 9 heteroatoms. The normalized spacial score (nSPS) is 14.8. The molecule has 0 aliphatic carbocycles. The van der Waals surface area contributed by atoms with Crippen LogP contribution >= 0.6 is 0 Å². The minimum Gasteiger partial charge on any atom is -0.486 e. The summed E-state index contributed by atoms with van der Waals surface area (Å²) in [4.78, 5) is 34.2. The minimum atomic E-state index is -0.737. The third kappa shape index (κ3) is 4.56. The van der Waals surface area contributed by atoms with Crippen LogP contribution in [0.15, 0.2) is 42.5 Å². The van der Waals surface area contributed by atoms with Crippen LogP contribution in [0, 0.1) is 17.0 Å². The number of hydrogen-bond donors (Lipinski definition) is 1. The molecule has 1 atom stereocenters. The molecule has 1 heterocycles. The zero-order chi connectivity index (χ0) is 20.1. The van der Waals surface area contributed by atoms with Crippen LogP contribution in [0.2, 0.25) is 0 Å². The van der Waals surface area contributed by atoms with Gasteiger partial charge in [0.05, 0.1) is 17.0 Å². The van der Waals surface area contributed by atoms with E-state index in [9.17, 15) is 19.7 Å². The summed E-state index contributed by atoms with van der Waals surface area (Å²) < 4.78 is 16.2. The number of carbonyl (C=O) groups is 2. The second-order valence-corrected chi connectivity index (χ2v) is 6.14. The SMILES string of the molecule is Cc1cc(C(=O)OCC(=O)NC[C@H]2COc3ccccc3O2)ccc1[N+](=O)[O-]. The fourth-order valence-electron chi connectivity index (χ4n) is 2.64. The van der Waals surface area contributed by atoms with Crippen molar-refractivity contribution in [3.8, 4) is 11.5 Å². The Morgan fingerprint density at radius 3 is 2.71 bits per heavy atom. The molecule has 2 aromatic carbocycles. The predicted molar refractivity (Wildman–Crippen MR) is 97.5 cm³/mol. The van der Waals surface area contributed by atoms with Crippen LogP contribution in [0.1, 0.15) is 15.9 Å². The number of nitro benzene ring substituents is 1. The van der Waals surface area contributed by atoms with Gasteiger partial charge in [0.1, 0.15) is 12.7 Å². The van der Waals surface area contributed by atoms with Crippen LogP contribution < -0.4 is 14.8 Å². The van der Waals surface area contributed by atoms with Crippen molar-refractivity contribution in [1.82, 2.24) is 5.32 Å². The smallest absolute Gasteiger partial charge is 0.338 e. The lowest BCUT2D eigenvalue weighted by atomic mass is 10.1. The standard InChI is InChI=1S/C19H18N2O7/c1-12-8-13(6-7-15(12)21(24)25)19(23)27-11-18(22)20-9-14-10-26-16-4-2-3-5-17(16)28-14/h2-8,14H,9-11H2,1H3,(H,20,22)/t14-/m0/s1. The van der Waals surface area contributed by atoms with E-state index in [4.69, 9.17) is 14.2 Å². The minimum absolute atomic E-state index is 0.0921. The summed E-state index contributed by atoms with van der Waals surface area (Å²) in [6.45, 7) is 1.53. The van der Waals surface area contributed by atoms with Crippen LogP contribution in [0.3, 0.4) is 0 Å². The number of carbonyl (C=O) groups excluding carboxylic acids is 2. The van der Waals surface area contributed by atoms with E-state index >= 15 is 0 Å². The van der Waals surface area contributed by atoms with E-state index < -0.39 is 23.4 Å². The van der Waals surface area contributed by atoms with Crippen LogP contribution in [-0.2, 0) is 9.53 Å². The Hall–Kier alpha value is -3.62. The Morgan fingerprint density at radius 1 is 1.25 bits per heavy atom. The molecule has 0 radical (unpaired) electrons. The molecular weight excluding hydrogens is 368 g/mol. The highest BCUT2D eigenvalue weighted by molar-refractivity contribution is 5.91. The van der Waals surface area contributed by atoms with Crippen molar-refractivity contribution >= 4 is 17.6 Å². The maximum Gasteiger partial charge on any atom is 0.338 e. The Kier molecular flexibility index (Phi) is 5.73. The summed E-state index contributed by atoms with van der Waals surface area (Å²) in [5.74, 6) is 0.0270. The lowest BCUT2D eigenvalue weighted by Crippen LogP contribution is -2.42. The van der Waals surface area contributed by atoms with Crippen molar-refractivity contribution in [3.05, 3.63) is 63.7 Å². The summed E-state index contributed by atoms with van der Waals surface area (Å²) >= 11 is 0. The number of ether oxygens (including phenoxy) is 3. The zero-order valence-corrected chi connectivity index (χ0v) is 15.0. The summed E-state index contributed by atoms with van der Waals surface area (Å²) in [5.41, 5.74) is 0.376. The number of nitro groups is 1. The number of amides is 1. The number of rotatable bonds is 6. The Labute approximate surface area is 160 Å². The summed E-state index contributed by atoms with van der Waals surface area (Å²) in [7, 11) is 0. The first-order valence-electron chi connectivity index (χ1n) is 8.51. The Balaban J connectivity index is 1.45. The van der Waals surface area contributed by atoms with Crippen molar-refractivity contribution in [2.24, 2.45) is 0 Å². The number of fused-ring (bicyclic) bond motifs is 1. The third-order valence-corrected chi connectivity index (χ3v) is 4.06. The van der Waals surface area contributed by atoms with Gasteiger partial charge in [-0.3, -0.25) is 14.9 Å². The predicted octanol–water partition coefficient (Wildman–Crippen LogP) is 2.02. The second kappa shape index (κ2) is 8.38. The maximum absolute atomic E-state index is 12.0. The summed E-state index contributed by atoms with van der Waals surface area (Å²) in [6.07, 6.45) is -0.355. The average molecular weight is 386 g/mol. The number of aryl methyl sites for hydroxylation is 1. The monoisotopic (exact) mass is 386 g/mol. The number of nitrogens with zero attached hydrogens (tertiary/aromatic N) is 1. The zero-order valence-electron chi connectivity index (χ0n) is 15.0. The van der Waals surface area contributed by atoms with Gasteiger partial charge in [-0.1, -0.05) is 12.1 Å². The van der Waals surface area contributed by atoms with Crippen molar-refractivity contribution in [1.29, 1.82) is 0 Å². The van der Waals surface area contributed by atoms with Gasteiger partial charge in [0, 0.05) is 11.6 Å². The fourth-order valence-corrected chi connectivity index (χ4v) is 2.64. The molecule has 0 aromatic heterocycles. The van der Waals surface area contributed by atoms with Crippen LogP contribution in [0.25, 0.3) is 0 Å². The van der Waals surface area contributed by atoms with Crippen molar-refractivity contribution in [3.63, 3.8) is 0 Å². The lowest BCUT2D eigenvalue weighted by molar-refractivity contribution is -0.385. The van der Waals surface area contributed by atoms with Gasteiger partial charge < -0.3 is 19.5 Å². The van der Waals surface area contributed by atoms with Gasteiger partial charge in [-0.2, -0.15) is 0 Å². The van der Waals surface area contributed by atoms with Crippen LogP contribution in [0.4, 0.5) is 5.69 Å². The fraction of sp³-hybridized carbons (Fsp3) is 0.263. The molecule has 1 amide bonds. The van der Waals surface area contributed by atoms with Crippen molar-refractivity contribution < 1.29 is 28.7 Å². The molecule has 0 spiro atoms. The third-order valence-electron chi connectivity index (χ3n) is 4.06. The number of hydrogen-bond acceptors (Lipinski definition) is 7. The highest BCUT2D eigenvalue weighted by Crippen LogP contribution is 2.30. The molecule has 1 aliphatic heterocycles. The molecule has 2 aromatic rings. The average Bonchev–Trinajstić information content (AvgIpc) is 2.69. The molecule has 1 N–H and O–H groups in total. The molecule has 146 valence electrons. The van der Waals surface area contributed by atoms with E-state index in [0.717, 1.165) is 0 Å². The molecule has 9 nitrogen and oxygen atoms in total. The van der Waals surface area contributed by atoms with Gasteiger partial charge in [0.15, 0.2) is 18.1 Å². The van der Waals surface area contributed by atoms with Crippen molar-refractivity contribution in [2.45, 2.75) is 13.0 Å². The lowest BCUT2D eigenvalue weighted by Gasteiger charge is -2.26. The van der Waals surface area contributed by atoms with Gasteiger partial charge >= 0.3 is 5.97 Å². The van der Waals surface area contributed by atoms with E-state index in [2.05, 4.69) is 5.32 Å². The Morgan fingerprint density at radius 2 is 2.00 bits per heavy atom. The molecule has 28 heavy (non-hydrogen) atoms. The van der Waals surface area contributed by atoms with Gasteiger partial charge in [0.25, 0.3) is 11.6 Å². The van der Waals surface area contributed by atoms with E-state index in [1.807, 2.05) is 12.1 Å². The van der Waals surface area contributed by atoms with Gasteiger partial charge in [-0.15, -0.1) is 0 Å². The molecule has 0 fully saturated rings. The second-order valence-electron chi connectivity index (χ2n) is 6.14. The van der Waals surface area contributed by atoms with Crippen LogP contribution in [-0.4, -0.2) is 42.7 Å². The molecule has 0 unspecified atom stereocenters. The molecule has 0 saturated carbocycles. The first-order valence-corrected chi connectivity index (χ1v) is 8.51. The number of nitrogens with one attached hydrogen (secondary N) is 1. The van der Waals surface area contributed by atoms with E-state index in [0.29, 0.717) is 23.7 Å². The number of para-hydroxylation sites is 2. The van der Waals surface area contributed by atoms with Gasteiger partial charge in [-0.25, -0.2) is 4.79 Å². The highest BCUT2D eigenvalue weighted by Gasteiger charge is 2.21. The summed E-state index contributed by atoms with van der Waals surface area (Å²) in [6, 6.07) is 11.1. The molecule has 0 saturated heterocycles. The molecule has 3 rings (SSSR count). The van der Waals surface area contributed by atoms with E-state index in [1.165, 1.54) is 25.1 Å². The van der Waals surface area contributed by atoms with E-state index in [-0.39, 0.29) is 23.9 Å². The van der Waals surface area contributed by atoms with Gasteiger partial charge in [-0.05, 0) is 31.2 Å². The first kappa shape index (κ1) is 19.2. The summed E-state index contributed by atoms with van der Waals surface area (Å²) in [5, 5.41) is 13.4. The van der Waals surface area contributed by atoms with Gasteiger partial charge in [0.2, 0.25) is 0 Å². The van der Waals surface area contributed by atoms with Crippen LogP contribution in [0.5, 0.6) is 11.5 Å². The highest BCUT2D eigenvalue weighted by atomic mass is 16.6. The topological polar surface area (TPSA) is 117 Å². The number of esters is 1. The van der Waals surface area contributed by atoms with Crippen molar-refractivity contribution in [2.75, 3.05) is 19.8 Å². The quantitative estimate of drug-likeness (QED) is 0.458. The molecule has 1 aliphatic rings. The maximum atomic E-state index is 12.0. The molecular formula is C19H18N2O7. The molecule has 0 bridgehead atoms.